The van der Waals surface area contributed by atoms with Gasteiger partial charge in [0.15, 0.2) is 0 Å². The van der Waals surface area contributed by atoms with Crippen molar-refractivity contribution >= 4 is 78.0 Å². The highest BCUT2D eigenvalue weighted by atomic mass is 19.4. The molecule has 0 amide bonds. The zero-order chi connectivity index (χ0) is 59.9. The second-order valence-electron chi connectivity index (χ2n) is 20.4. The third-order valence-electron chi connectivity index (χ3n) is 14.8. The minimum Gasteiger partial charge on any atom is -0.456 e. The third-order valence-corrected chi connectivity index (χ3v) is 14.8. The van der Waals surface area contributed by atoms with Gasteiger partial charge in [0.1, 0.15) is 22.3 Å². The van der Waals surface area contributed by atoms with Crippen LogP contribution in [0.25, 0.3) is 88.4 Å². The summed E-state index contributed by atoms with van der Waals surface area (Å²) in [6, 6.07) is 50.9. The molecule has 0 N–H and O–H groups in total. The van der Waals surface area contributed by atoms with E-state index in [1.165, 1.54) is 49.1 Å². The van der Waals surface area contributed by atoms with Crippen LogP contribution >= 0.6 is 0 Å². The van der Waals surface area contributed by atoms with Crippen LogP contribution in [0.2, 0.25) is 0 Å². The molecule has 0 radical (unpaired) electrons. The van der Waals surface area contributed by atoms with E-state index in [4.69, 9.17) is 8.83 Å². The Morgan fingerprint density at radius 1 is 0.256 bits per heavy atom. The van der Waals surface area contributed by atoms with Crippen LogP contribution in [-0.4, -0.2) is 9.97 Å². The van der Waals surface area contributed by atoms with Crippen molar-refractivity contribution in [3.63, 3.8) is 0 Å². The molecule has 0 fully saturated rings. The number of rotatable bonds is 10. The molecule has 0 aliphatic rings. The van der Waals surface area contributed by atoms with Crippen molar-refractivity contribution in [3.05, 3.63) is 253 Å². The van der Waals surface area contributed by atoms with Crippen molar-refractivity contribution in [2.24, 2.45) is 0 Å². The number of benzene rings is 9. The van der Waals surface area contributed by atoms with E-state index in [9.17, 15) is 52.7 Å². The summed E-state index contributed by atoms with van der Waals surface area (Å²) in [5.74, 6) is 0. The molecule has 0 saturated carbocycles. The Morgan fingerprint density at radius 2 is 0.581 bits per heavy atom. The number of furan rings is 2. The topological polar surface area (TPSA) is 58.5 Å². The first kappa shape index (κ1) is 54.9. The maximum absolute atomic E-state index is 14.5. The summed E-state index contributed by atoms with van der Waals surface area (Å²) >= 11 is 0. The normalized spacial score (nSPS) is 12.4. The van der Waals surface area contributed by atoms with Crippen molar-refractivity contribution in [1.29, 1.82) is 0 Å². The number of nitrogens with zero attached hydrogens (tertiary/aromatic N) is 4. The van der Waals surface area contributed by atoms with E-state index in [1.54, 1.807) is 107 Å². The van der Waals surface area contributed by atoms with Crippen LogP contribution in [0.1, 0.15) is 22.3 Å². The van der Waals surface area contributed by atoms with E-state index in [2.05, 4.69) is 9.97 Å². The summed E-state index contributed by atoms with van der Waals surface area (Å²) in [7, 11) is 0. The number of hydrogen-bond donors (Lipinski definition) is 0. The maximum Gasteiger partial charge on any atom is 0.416 e. The summed E-state index contributed by atoms with van der Waals surface area (Å²) in [4.78, 5) is 12.1. The van der Waals surface area contributed by atoms with E-state index in [1.807, 2.05) is 48.5 Å². The first-order valence-electron chi connectivity index (χ1n) is 26.3. The van der Waals surface area contributed by atoms with E-state index in [0.717, 1.165) is 10.8 Å². The van der Waals surface area contributed by atoms with Gasteiger partial charge in [-0.05, 0) is 202 Å². The molecule has 4 heterocycles. The fraction of sp³-hybridized carbons (Fsp3) is 0.0588. The molecular formula is C68H38F12N4O2. The second kappa shape index (κ2) is 20.8. The van der Waals surface area contributed by atoms with Crippen LogP contribution in [0.15, 0.2) is 240 Å². The average molecular weight is 1170 g/mol. The number of pyridine rings is 2. The van der Waals surface area contributed by atoms with E-state index in [0.29, 0.717) is 102 Å². The first-order chi connectivity index (χ1) is 41.1. The summed E-state index contributed by atoms with van der Waals surface area (Å²) < 4.78 is 186. The fourth-order valence-corrected chi connectivity index (χ4v) is 10.8. The Balaban J connectivity index is 0.999. The molecule has 4 aromatic heterocycles. The third kappa shape index (κ3) is 10.6. The molecule has 6 nitrogen and oxygen atoms in total. The van der Waals surface area contributed by atoms with Crippen molar-refractivity contribution in [1.82, 2.24) is 9.97 Å². The second-order valence-corrected chi connectivity index (χ2v) is 20.4. The number of alkyl halides is 12. The zero-order valence-electron chi connectivity index (χ0n) is 44.1. The largest absolute Gasteiger partial charge is 0.456 e. The van der Waals surface area contributed by atoms with Gasteiger partial charge in [0.2, 0.25) is 0 Å². The van der Waals surface area contributed by atoms with Gasteiger partial charge < -0.3 is 18.6 Å². The Bertz CT molecular complexity index is 4360. The van der Waals surface area contributed by atoms with Gasteiger partial charge >= 0.3 is 24.7 Å². The molecule has 13 aromatic rings. The van der Waals surface area contributed by atoms with Gasteiger partial charge in [-0.3, -0.25) is 9.97 Å². The number of para-hydroxylation sites is 2. The monoisotopic (exact) mass is 1170 g/mol. The molecule has 13 rings (SSSR count). The molecule has 0 aliphatic heterocycles. The van der Waals surface area contributed by atoms with Crippen LogP contribution in [0.5, 0.6) is 0 Å². The van der Waals surface area contributed by atoms with Gasteiger partial charge in [-0.15, -0.1) is 0 Å². The molecule has 0 saturated heterocycles. The molecule has 86 heavy (non-hydrogen) atoms. The molecule has 0 spiro atoms. The molecule has 0 unspecified atom stereocenters. The number of fused-ring (bicyclic) bond motifs is 6. The van der Waals surface area contributed by atoms with E-state index < -0.39 is 47.0 Å². The molecule has 426 valence electrons. The Hall–Kier alpha value is -10.4. The molecule has 0 atom stereocenters. The molecular weight excluding hydrogens is 1130 g/mol. The van der Waals surface area contributed by atoms with Gasteiger partial charge in [0, 0.05) is 56.7 Å². The summed E-state index contributed by atoms with van der Waals surface area (Å²) in [5.41, 5.74) is -0.415. The molecule has 9 aromatic carbocycles. The van der Waals surface area contributed by atoms with Crippen molar-refractivity contribution in [3.8, 4) is 44.5 Å². The molecule has 0 bridgehead atoms. The number of aromatic nitrogens is 2. The maximum atomic E-state index is 14.5. The predicted octanol–water partition coefficient (Wildman–Crippen LogP) is 22.0. The number of anilines is 6. The van der Waals surface area contributed by atoms with Crippen molar-refractivity contribution < 1.29 is 61.5 Å². The quantitative estimate of drug-likeness (QED) is 0.127. The van der Waals surface area contributed by atoms with Crippen LogP contribution in [0.4, 0.5) is 86.8 Å². The highest BCUT2D eigenvalue weighted by Gasteiger charge is 2.39. The van der Waals surface area contributed by atoms with Crippen LogP contribution < -0.4 is 9.80 Å². The van der Waals surface area contributed by atoms with Crippen molar-refractivity contribution in [2.75, 3.05) is 9.80 Å². The predicted molar refractivity (Wildman–Crippen MR) is 308 cm³/mol. The van der Waals surface area contributed by atoms with Crippen molar-refractivity contribution in [2.45, 2.75) is 24.7 Å². The Morgan fingerprint density at radius 3 is 0.919 bits per heavy atom. The Kier molecular flexibility index (Phi) is 13.2. The summed E-state index contributed by atoms with van der Waals surface area (Å²) in [6.07, 6.45) is -14.5. The lowest BCUT2D eigenvalue weighted by molar-refractivity contribution is -0.144. The molecule has 0 aliphatic carbocycles. The first-order valence-corrected chi connectivity index (χ1v) is 26.3. The fourth-order valence-electron chi connectivity index (χ4n) is 10.8. The van der Waals surface area contributed by atoms with Crippen LogP contribution in [-0.2, 0) is 24.7 Å². The Labute approximate surface area is 480 Å². The highest BCUT2D eigenvalue weighted by Crippen LogP contribution is 2.48. The number of halogens is 12. The minimum atomic E-state index is -5.15. The molecule has 18 heteroatoms. The average Bonchev–Trinajstić information content (AvgIpc) is 2.81. The van der Waals surface area contributed by atoms with E-state index >= 15 is 0 Å². The lowest BCUT2D eigenvalue weighted by Gasteiger charge is -2.29. The standard InChI is InChI=1S/C68H38F12N4O2/c69-65(70,71)47-25-45(26-48(35-47)66(72,73)74)43-23-41(39-13-19-63-59(33-39)57-9-1-3-11-61(57)85-63)29-55(31-43)83(53-7-5-21-81-37-53)51-15-17-52(18-16-51)84(54-8-6-22-82-38-54)56-30-42(40-14-20-64-60(34-40)58-10-2-4-12-62(58)86-64)24-44(32-56)46-27-49(67(75,76)77)36-50(28-46)68(78,79)80/h1-38H. The van der Waals surface area contributed by atoms with Gasteiger partial charge in [0.25, 0.3) is 0 Å². The smallest absolute Gasteiger partial charge is 0.416 e. The highest BCUT2D eigenvalue weighted by molar-refractivity contribution is 6.07. The summed E-state index contributed by atoms with van der Waals surface area (Å²) in [6.45, 7) is 0. The minimum absolute atomic E-state index is 0.00146. The van der Waals surface area contributed by atoms with Gasteiger partial charge in [-0.2, -0.15) is 52.7 Å². The van der Waals surface area contributed by atoms with E-state index in [-0.39, 0.29) is 45.8 Å². The van der Waals surface area contributed by atoms with Crippen LogP contribution in [0, 0.1) is 0 Å². The lowest BCUT2D eigenvalue weighted by atomic mass is 9.94. The van der Waals surface area contributed by atoms with Crippen LogP contribution in [0.3, 0.4) is 0 Å². The summed E-state index contributed by atoms with van der Waals surface area (Å²) in [5, 5.41) is 2.94. The van der Waals surface area contributed by atoms with Gasteiger partial charge in [-0.25, -0.2) is 0 Å². The van der Waals surface area contributed by atoms with Gasteiger partial charge in [-0.1, -0.05) is 48.5 Å². The lowest BCUT2D eigenvalue weighted by Crippen LogP contribution is -2.13. The SMILES string of the molecule is FC(F)(F)c1cc(-c2cc(-c3ccc4oc5ccccc5c4c3)cc(N(c3ccc(N(c4cccnc4)c4cc(-c5cc(C(F)(F)F)cc(C(F)(F)F)c5)cc(-c5ccc6oc7ccccc7c6c5)c4)cc3)c3cccnc3)c2)cc(C(F)(F)F)c1. The zero-order valence-corrected chi connectivity index (χ0v) is 44.1. The van der Waals surface area contributed by atoms with Gasteiger partial charge in [0.05, 0.1) is 46.0 Å². The number of hydrogen-bond acceptors (Lipinski definition) is 6.